The summed E-state index contributed by atoms with van der Waals surface area (Å²) in [7, 11) is 1.54. The Labute approximate surface area is 149 Å². The van der Waals surface area contributed by atoms with Gasteiger partial charge in [0.2, 0.25) is 5.90 Å². The van der Waals surface area contributed by atoms with E-state index in [2.05, 4.69) is 4.99 Å². The molecule has 1 heterocycles. The number of nitrogens with zero attached hydrogens (tertiary/aromatic N) is 2. The highest BCUT2D eigenvalue weighted by molar-refractivity contribution is 6.11. The number of carbonyl (C=O) groups is 1. The number of para-hydroxylation sites is 1. The molecule has 7 heteroatoms. The molecule has 0 unspecified atom stereocenters. The van der Waals surface area contributed by atoms with E-state index in [1.54, 1.807) is 49.6 Å². The molecule has 130 valence electrons. The number of allylic oxidation sites excluding steroid dienone is 2. The van der Waals surface area contributed by atoms with Gasteiger partial charge in [-0.2, -0.15) is 0 Å². The third-order valence-corrected chi connectivity index (χ3v) is 3.60. The summed E-state index contributed by atoms with van der Waals surface area (Å²) in [5.74, 6) is 0.212. The molecule has 7 nitrogen and oxygen atoms in total. The summed E-state index contributed by atoms with van der Waals surface area (Å²) in [6.07, 6.45) is 4.51. The van der Waals surface area contributed by atoms with Crippen LogP contribution in [-0.2, 0) is 9.53 Å². The molecular formula is C19H14N2O5. The average Bonchev–Trinajstić information content (AvgIpc) is 3.03. The Hall–Kier alpha value is -3.74. The normalized spacial score (nSPS) is 15.2. The lowest BCUT2D eigenvalue weighted by atomic mass is 10.1. The Morgan fingerprint density at radius 1 is 1.19 bits per heavy atom. The molecule has 0 bridgehead atoms. The van der Waals surface area contributed by atoms with Gasteiger partial charge in [-0.3, -0.25) is 10.1 Å². The van der Waals surface area contributed by atoms with E-state index in [0.29, 0.717) is 16.9 Å². The molecule has 0 radical (unpaired) electrons. The van der Waals surface area contributed by atoms with E-state index in [9.17, 15) is 14.9 Å². The number of hydrogen-bond donors (Lipinski definition) is 0. The topological polar surface area (TPSA) is 91.0 Å². The minimum atomic E-state index is -0.588. The van der Waals surface area contributed by atoms with Crippen molar-refractivity contribution in [3.8, 4) is 5.75 Å². The van der Waals surface area contributed by atoms with Crippen molar-refractivity contribution in [2.75, 3.05) is 7.11 Å². The zero-order valence-corrected chi connectivity index (χ0v) is 13.8. The van der Waals surface area contributed by atoms with Gasteiger partial charge in [0, 0.05) is 11.6 Å². The van der Waals surface area contributed by atoms with Gasteiger partial charge in [-0.05, 0) is 36.4 Å². The van der Waals surface area contributed by atoms with Crippen LogP contribution < -0.4 is 4.74 Å². The molecule has 26 heavy (non-hydrogen) atoms. The van der Waals surface area contributed by atoms with Crippen LogP contribution >= 0.6 is 0 Å². The monoisotopic (exact) mass is 350 g/mol. The van der Waals surface area contributed by atoms with Gasteiger partial charge >= 0.3 is 5.97 Å². The highest BCUT2D eigenvalue weighted by Gasteiger charge is 2.23. The molecule has 0 spiro atoms. The van der Waals surface area contributed by atoms with E-state index in [4.69, 9.17) is 9.47 Å². The molecular weight excluding hydrogens is 336 g/mol. The first-order chi connectivity index (χ1) is 12.6. The number of nitro groups is 1. The van der Waals surface area contributed by atoms with Gasteiger partial charge in [-0.1, -0.05) is 24.3 Å². The quantitative estimate of drug-likeness (QED) is 0.356. The maximum atomic E-state index is 12.0. The third-order valence-electron chi connectivity index (χ3n) is 3.60. The number of ether oxygens (including phenoxy) is 2. The van der Waals surface area contributed by atoms with Crippen molar-refractivity contribution in [3.05, 3.63) is 87.6 Å². The van der Waals surface area contributed by atoms with Crippen LogP contribution in [0.2, 0.25) is 0 Å². The highest BCUT2D eigenvalue weighted by Crippen LogP contribution is 2.21. The molecule has 1 aliphatic heterocycles. The molecule has 0 atom stereocenters. The van der Waals surface area contributed by atoms with Crippen molar-refractivity contribution < 1.29 is 19.2 Å². The van der Waals surface area contributed by atoms with E-state index in [0.717, 1.165) is 0 Å². The van der Waals surface area contributed by atoms with Crippen LogP contribution in [0, 0.1) is 10.1 Å². The van der Waals surface area contributed by atoms with Gasteiger partial charge in [0.05, 0.1) is 17.6 Å². The van der Waals surface area contributed by atoms with Crippen LogP contribution in [0.3, 0.4) is 0 Å². The largest absolute Gasteiger partial charge is 0.497 e. The number of carbonyl (C=O) groups excluding carboxylic acids is 1. The van der Waals surface area contributed by atoms with E-state index in [-0.39, 0.29) is 17.3 Å². The zero-order chi connectivity index (χ0) is 18.5. The first-order valence-electron chi connectivity index (χ1n) is 7.65. The molecule has 0 N–H and O–H groups in total. The Balaban J connectivity index is 1.84. The van der Waals surface area contributed by atoms with Crippen LogP contribution in [0.15, 0.2) is 71.4 Å². The van der Waals surface area contributed by atoms with E-state index in [1.807, 2.05) is 0 Å². The van der Waals surface area contributed by atoms with Crippen LogP contribution in [0.25, 0.3) is 6.08 Å². The van der Waals surface area contributed by atoms with Crippen LogP contribution in [0.5, 0.6) is 5.75 Å². The van der Waals surface area contributed by atoms with Crippen LogP contribution in [0.4, 0.5) is 5.69 Å². The van der Waals surface area contributed by atoms with Crippen molar-refractivity contribution in [2.24, 2.45) is 4.99 Å². The summed E-state index contributed by atoms with van der Waals surface area (Å²) in [4.78, 5) is 26.7. The van der Waals surface area contributed by atoms with Crippen LogP contribution in [0.1, 0.15) is 11.1 Å². The lowest BCUT2D eigenvalue weighted by Crippen LogP contribution is -2.05. The minimum Gasteiger partial charge on any atom is -0.497 e. The van der Waals surface area contributed by atoms with E-state index >= 15 is 0 Å². The second kappa shape index (κ2) is 7.43. The predicted octanol–water partition coefficient (Wildman–Crippen LogP) is 3.50. The average molecular weight is 350 g/mol. The number of cyclic esters (lactones) is 1. The molecule has 2 aromatic carbocycles. The zero-order valence-electron chi connectivity index (χ0n) is 13.8. The summed E-state index contributed by atoms with van der Waals surface area (Å²) in [5, 5.41) is 11.0. The fourth-order valence-corrected chi connectivity index (χ4v) is 2.34. The predicted molar refractivity (Wildman–Crippen MR) is 95.8 cm³/mol. The number of nitro benzene ring substituents is 1. The lowest BCUT2D eigenvalue weighted by molar-refractivity contribution is -0.385. The van der Waals surface area contributed by atoms with Crippen molar-refractivity contribution >= 4 is 23.6 Å². The highest BCUT2D eigenvalue weighted by atomic mass is 16.6. The van der Waals surface area contributed by atoms with Gasteiger partial charge in [0.15, 0.2) is 5.70 Å². The summed E-state index contributed by atoms with van der Waals surface area (Å²) in [6, 6.07) is 13.3. The number of benzene rings is 2. The number of methoxy groups -OCH3 is 1. The lowest BCUT2D eigenvalue weighted by Gasteiger charge is -2.02. The molecule has 3 rings (SSSR count). The fourth-order valence-electron chi connectivity index (χ4n) is 2.34. The molecule has 0 aliphatic carbocycles. The molecule has 2 aromatic rings. The summed E-state index contributed by atoms with van der Waals surface area (Å²) in [6.45, 7) is 0. The number of rotatable bonds is 5. The van der Waals surface area contributed by atoms with Crippen molar-refractivity contribution in [1.29, 1.82) is 0 Å². The van der Waals surface area contributed by atoms with Crippen molar-refractivity contribution in [3.63, 3.8) is 0 Å². The molecule has 0 aromatic heterocycles. The minimum absolute atomic E-state index is 0.0169. The third kappa shape index (κ3) is 3.67. The first kappa shape index (κ1) is 17.1. The number of hydrogen-bond acceptors (Lipinski definition) is 6. The molecule has 0 saturated carbocycles. The standard InChI is InChI=1S/C19H14N2O5/c1-25-15-9-4-8-14(12-15)18-20-16(19(22)26-18)10-5-7-13-6-2-3-11-17(13)21(23)24/h2-12H,1H3/b7-5+,16-10-. The first-order valence-corrected chi connectivity index (χ1v) is 7.65. The summed E-state index contributed by atoms with van der Waals surface area (Å²) >= 11 is 0. The summed E-state index contributed by atoms with van der Waals surface area (Å²) in [5.41, 5.74) is 1.14. The Bertz CT molecular complexity index is 960. The molecule has 0 amide bonds. The van der Waals surface area contributed by atoms with E-state index in [1.165, 1.54) is 24.3 Å². The Morgan fingerprint density at radius 2 is 2.00 bits per heavy atom. The maximum absolute atomic E-state index is 12.0. The van der Waals surface area contributed by atoms with Gasteiger partial charge in [0.1, 0.15) is 5.75 Å². The summed E-state index contributed by atoms with van der Waals surface area (Å²) < 4.78 is 10.3. The molecule has 0 saturated heterocycles. The molecule has 0 fully saturated rings. The van der Waals surface area contributed by atoms with Gasteiger partial charge in [0.25, 0.3) is 5.69 Å². The SMILES string of the molecule is COc1cccc(C2=N/C(=C\C=C\c3ccccc3[N+](=O)[O-])C(=O)O2)c1. The van der Waals surface area contributed by atoms with Crippen molar-refractivity contribution in [2.45, 2.75) is 0 Å². The number of aliphatic imine (C=N–C) groups is 1. The van der Waals surface area contributed by atoms with Gasteiger partial charge in [-0.25, -0.2) is 9.79 Å². The Kier molecular flexibility index (Phi) is 4.89. The smallest absolute Gasteiger partial charge is 0.363 e. The Morgan fingerprint density at radius 3 is 2.77 bits per heavy atom. The van der Waals surface area contributed by atoms with Crippen molar-refractivity contribution in [1.82, 2.24) is 0 Å². The van der Waals surface area contributed by atoms with Crippen LogP contribution in [-0.4, -0.2) is 23.9 Å². The molecule has 1 aliphatic rings. The van der Waals surface area contributed by atoms with E-state index < -0.39 is 10.9 Å². The second-order valence-corrected chi connectivity index (χ2v) is 5.27. The maximum Gasteiger partial charge on any atom is 0.363 e. The fraction of sp³-hybridized carbons (Fsp3) is 0.0526. The number of esters is 1. The van der Waals surface area contributed by atoms with Gasteiger partial charge < -0.3 is 9.47 Å². The van der Waals surface area contributed by atoms with Gasteiger partial charge in [-0.15, -0.1) is 0 Å². The second-order valence-electron chi connectivity index (χ2n) is 5.27.